The number of hydrogen-bond acceptors (Lipinski definition) is 5. The number of aromatic nitrogens is 1. The van der Waals surface area contributed by atoms with Crippen molar-refractivity contribution >= 4 is 15.7 Å². The maximum absolute atomic E-state index is 12.0. The molecule has 6 nitrogen and oxygen atoms in total. The minimum absolute atomic E-state index is 0.0592. The number of piperidine rings is 1. The van der Waals surface area contributed by atoms with Gasteiger partial charge in [-0.2, -0.15) is 0 Å². The minimum atomic E-state index is -3.22. The molecule has 1 saturated carbocycles. The molecule has 2 fully saturated rings. The van der Waals surface area contributed by atoms with E-state index in [1.165, 1.54) is 19.3 Å². The Balaban J connectivity index is 1.54. The van der Waals surface area contributed by atoms with Crippen LogP contribution in [0.1, 0.15) is 44.2 Å². The van der Waals surface area contributed by atoms with Gasteiger partial charge in [0.15, 0.2) is 0 Å². The summed E-state index contributed by atoms with van der Waals surface area (Å²) in [5.41, 5.74) is 7.76. The summed E-state index contributed by atoms with van der Waals surface area (Å²) in [7, 11) is -3.22. The van der Waals surface area contributed by atoms with Gasteiger partial charge in [-0.1, -0.05) is 6.42 Å². The predicted octanol–water partition coefficient (Wildman–Crippen LogP) is 1.69. The van der Waals surface area contributed by atoms with E-state index in [2.05, 4.69) is 14.6 Å². The van der Waals surface area contributed by atoms with Gasteiger partial charge in [0.25, 0.3) is 0 Å². The van der Waals surface area contributed by atoms with Crippen LogP contribution < -0.4 is 10.5 Å². The summed E-state index contributed by atoms with van der Waals surface area (Å²) in [5, 5.41) is -0.216. The van der Waals surface area contributed by atoms with E-state index in [1.54, 1.807) is 12.3 Å². The molecule has 3 rings (SSSR count). The molecule has 1 aliphatic heterocycles. The van der Waals surface area contributed by atoms with Crippen LogP contribution in [-0.4, -0.2) is 42.8 Å². The topological polar surface area (TPSA) is 88.3 Å². The highest BCUT2D eigenvalue weighted by molar-refractivity contribution is 7.93. The first-order valence-electron chi connectivity index (χ1n) is 8.51. The summed E-state index contributed by atoms with van der Waals surface area (Å²) in [4.78, 5) is 6.67. The highest BCUT2D eigenvalue weighted by Crippen LogP contribution is 2.29. The summed E-state index contributed by atoms with van der Waals surface area (Å²) in [6.45, 7) is 2.16. The zero-order valence-corrected chi connectivity index (χ0v) is 14.3. The number of pyridine rings is 1. The number of likely N-dealkylation sites (tertiary alicyclic amines) is 1. The first-order chi connectivity index (χ1) is 11.0. The van der Waals surface area contributed by atoms with E-state index in [4.69, 9.17) is 5.73 Å². The fraction of sp³-hybridized carbons (Fsp3) is 0.688. The van der Waals surface area contributed by atoms with Crippen molar-refractivity contribution in [3.63, 3.8) is 0 Å². The van der Waals surface area contributed by atoms with Gasteiger partial charge in [-0.15, -0.1) is 0 Å². The van der Waals surface area contributed by atoms with Crippen molar-refractivity contribution in [1.82, 2.24) is 9.88 Å². The molecule has 2 aliphatic rings. The van der Waals surface area contributed by atoms with Crippen molar-refractivity contribution in [2.75, 3.05) is 17.8 Å². The van der Waals surface area contributed by atoms with E-state index in [9.17, 15) is 8.42 Å². The molecule has 1 aromatic rings. The van der Waals surface area contributed by atoms with Gasteiger partial charge >= 0.3 is 0 Å². The van der Waals surface area contributed by atoms with Crippen LogP contribution >= 0.6 is 0 Å². The molecular formula is C16H26N4O2S. The second kappa shape index (κ2) is 7.15. The number of aryl methyl sites for hydroxylation is 1. The molecule has 3 N–H and O–H groups in total. The summed E-state index contributed by atoms with van der Waals surface area (Å²) in [6.07, 6.45) is 8.59. The maximum Gasteiger partial charge on any atom is 0.235 e. The van der Waals surface area contributed by atoms with Gasteiger partial charge in [0.1, 0.15) is 0 Å². The van der Waals surface area contributed by atoms with Gasteiger partial charge in [0, 0.05) is 11.9 Å². The van der Waals surface area contributed by atoms with Crippen LogP contribution in [0.15, 0.2) is 18.3 Å². The molecule has 1 atom stereocenters. The number of sulfonamides is 1. The van der Waals surface area contributed by atoms with E-state index < -0.39 is 10.0 Å². The van der Waals surface area contributed by atoms with Crippen molar-refractivity contribution in [2.45, 2.75) is 56.4 Å². The van der Waals surface area contributed by atoms with Crippen molar-refractivity contribution in [3.8, 4) is 0 Å². The lowest BCUT2D eigenvalue weighted by molar-refractivity contribution is 0.158. The predicted molar refractivity (Wildman–Crippen MR) is 91.5 cm³/mol. The quantitative estimate of drug-likeness (QED) is 0.790. The lowest BCUT2D eigenvalue weighted by Crippen LogP contribution is -2.45. The summed E-state index contributed by atoms with van der Waals surface area (Å²) < 4.78 is 26.6. The molecule has 7 heteroatoms. The molecule has 0 unspecified atom stereocenters. The largest absolute Gasteiger partial charge is 0.316 e. The highest BCUT2D eigenvalue weighted by atomic mass is 32.2. The average Bonchev–Trinajstić information content (AvgIpc) is 3.39. The third-order valence-electron chi connectivity index (χ3n) is 4.60. The molecule has 2 heterocycles. The van der Waals surface area contributed by atoms with Crippen LogP contribution in [-0.2, 0) is 16.4 Å². The van der Waals surface area contributed by atoms with Gasteiger partial charge in [-0.3, -0.25) is 14.6 Å². The smallest absolute Gasteiger partial charge is 0.235 e. The molecule has 0 radical (unpaired) electrons. The Morgan fingerprint density at radius 2 is 2.04 bits per heavy atom. The number of anilines is 1. The summed E-state index contributed by atoms with van der Waals surface area (Å²) in [5.74, 6) is 0. The van der Waals surface area contributed by atoms with Crippen LogP contribution in [0.5, 0.6) is 0 Å². The zero-order chi connectivity index (χ0) is 16.3. The molecule has 0 aromatic carbocycles. The van der Waals surface area contributed by atoms with Crippen molar-refractivity contribution < 1.29 is 8.42 Å². The number of rotatable bonds is 7. The van der Waals surface area contributed by atoms with Crippen LogP contribution in [0.25, 0.3) is 0 Å². The number of hydrogen-bond donors (Lipinski definition) is 2. The maximum atomic E-state index is 12.0. The number of nitrogens with zero attached hydrogens (tertiary/aromatic N) is 2. The first-order valence-corrected chi connectivity index (χ1v) is 10.1. The van der Waals surface area contributed by atoms with Crippen molar-refractivity contribution in [3.05, 3.63) is 24.0 Å². The molecule has 1 aromatic heterocycles. The molecule has 23 heavy (non-hydrogen) atoms. The summed E-state index contributed by atoms with van der Waals surface area (Å²) in [6, 6.07) is 3.52. The Morgan fingerprint density at radius 1 is 1.30 bits per heavy atom. The lowest BCUT2D eigenvalue weighted by Gasteiger charge is -2.32. The Labute approximate surface area is 138 Å². The Morgan fingerprint density at radius 3 is 2.74 bits per heavy atom. The van der Waals surface area contributed by atoms with Crippen LogP contribution in [0.3, 0.4) is 0 Å². The van der Waals surface area contributed by atoms with E-state index in [1.807, 2.05) is 6.07 Å². The van der Waals surface area contributed by atoms with Crippen LogP contribution in [0, 0.1) is 0 Å². The van der Waals surface area contributed by atoms with Crippen molar-refractivity contribution in [1.29, 1.82) is 0 Å². The molecule has 0 spiro atoms. The fourth-order valence-electron chi connectivity index (χ4n) is 3.03. The SMILES string of the molecule is N[C@H](CCc1cc(NS(=O)(=O)C2CC2)ccn1)N1CCCCC1. The molecule has 0 bridgehead atoms. The Bertz CT molecular complexity index is 625. The normalized spacial score (nSPS) is 21.1. The fourth-order valence-corrected chi connectivity index (χ4v) is 4.41. The van der Waals surface area contributed by atoms with Crippen LogP contribution in [0.2, 0.25) is 0 Å². The third-order valence-corrected chi connectivity index (χ3v) is 6.47. The third kappa shape index (κ3) is 4.65. The lowest BCUT2D eigenvalue weighted by atomic mass is 10.1. The molecule has 1 aliphatic carbocycles. The van der Waals surface area contributed by atoms with Crippen molar-refractivity contribution in [2.24, 2.45) is 5.73 Å². The highest BCUT2D eigenvalue weighted by Gasteiger charge is 2.35. The monoisotopic (exact) mass is 338 g/mol. The minimum Gasteiger partial charge on any atom is -0.316 e. The average molecular weight is 338 g/mol. The molecule has 1 saturated heterocycles. The van der Waals surface area contributed by atoms with Gasteiger partial charge < -0.3 is 5.73 Å². The zero-order valence-electron chi connectivity index (χ0n) is 13.4. The number of nitrogens with one attached hydrogen (secondary N) is 1. The van der Waals surface area contributed by atoms with Crippen LogP contribution in [0.4, 0.5) is 5.69 Å². The van der Waals surface area contributed by atoms with E-state index in [-0.39, 0.29) is 11.4 Å². The molecule has 128 valence electrons. The van der Waals surface area contributed by atoms with E-state index in [0.29, 0.717) is 5.69 Å². The molecule has 0 amide bonds. The summed E-state index contributed by atoms with van der Waals surface area (Å²) >= 11 is 0. The number of nitrogens with two attached hydrogens (primary N) is 1. The van der Waals surface area contributed by atoms with Gasteiger partial charge in [-0.25, -0.2) is 8.42 Å². The first kappa shape index (κ1) is 16.7. The Kier molecular flexibility index (Phi) is 5.18. The van der Waals surface area contributed by atoms with Gasteiger partial charge in [-0.05, 0) is 63.7 Å². The van der Waals surface area contributed by atoms with Gasteiger partial charge in [0.2, 0.25) is 10.0 Å². The second-order valence-corrected chi connectivity index (χ2v) is 8.55. The Hall–Kier alpha value is -1.18. The van der Waals surface area contributed by atoms with E-state index in [0.717, 1.165) is 44.5 Å². The molecular weight excluding hydrogens is 312 g/mol. The standard InChI is InChI=1S/C16H26N4O2S/c17-16(20-10-2-1-3-11-20)7-4-13-12-14(8-9-18-13)19-23(21,22)15-5-6-15/h8-9,12,15-16H,1-7,10-11,17H2,(H,18,19)/t16-/m0/s1. The second-order valence-electron chi connectivity index (χ2n) is 6.58. The van der Waals surface area contributed by atoms with E-state index >= 15 is 0 Å². The van der Waals surface area contributed by atoms with Gasteiger partial charge in [0.05, 0.1) is 17.1 Å².